The second-order valence-corrected chi connectivity index (χ2v) is 3.86. The minimum atomic E-state index is 0.356. The quantitative estimate of drug-likeness (QED) is 0.552. The highest BCUT2D eigenvalue weighted by Crippen LogP contribution is 2.26. The average molecular weight is 152 g/mol. The second-order valence-electron chi connectivity index (χ2n) is 3.86. The summed E-state index contributed by atoms with van der Waals surface area (Å²) in [6.45, 7) is 6.65. The maximum atomic E-state index is 4.12. The van der Waals surface area contributed by atoms with E-state index < -0.39 is 0 Å². The van der Waals surface area contributed by atoms with E-state index in [2.05, 4.69) is 31.0 Å². The van der Waals surface area contributed by atoms with E-state index in [-0.39, 0.29) is 0 Å². The standard InChI is InChI=1S/C9H16N2/c1-4-8-7-9(2,3)5-6-10-11-8/h6H,4-5,7H2,1-3H3. The van der Waals surface area contributed by atoms with Crippen LogP contribution in [0.5, 0.6) is 0 Å². The van der Waals surface area contributed by atoms with E-state index in [0.29, 0.717) is 5.41 Å². The van der Waals surface area contributed by atoms with Crippen molar-refractivity contribution in [3.05, 3.63) is 0 Å². The molecule has 62 valence electrons. The van der Waals surface area contributed by atoms with Crippen LogP contribution in [0.15, 0.2) is 10.2 Å². The molecule has 2 nitrogen and oxygen atoms in total. The lowest BCUT2D eigenvalue weighted by Crippen LogP contribution is -2.15. The Labute approximate surface area is 68.4 Å². The first-order valence-electron chi connectivity index (χ1n) is 4.21. The van der Waals surface area contributed by atoms with Crippen molar-refractivity contribution in [3.63, 3.8) is 0 Å². The molecule has 0 amide bonds. The van der Waals surface area contributed by atoms with Gasteiger partial charge < -0.3 is 0 Å². The smallest absolute Gasteiger partial charge is 0.0408 e. The molecule has 0 aliphatic carbocycles. The van der Waals surface area contributed by atoms with Gasteiger partial charge in [-0.3, -0.25) is 0 Å². The normalized spacial score (nSPS) is 22.6. The Morgan fingerprint density at radius 1 is 1.55 bits per heavy atom. The molecule has 0 N–H and O–H groups in total. The lowest BCUT2D eigenvalue weighted by atomic mass is 9.84. The molecule has 0 atom stereocenters. The van der Waals surface area contributed by atoms with Crippen LogP contribution in [0.4, 0.5) is 0 Å². The van der Waals surface area contributed by atoms with Gasteiger partial charge in [0.2, 0.25) is 0 Å². The van der Waals surface area contributed by atoms with Gasteiger partial charge in [-0.05, 0) is 24.7 Å². The minimum Gasteiger partial charge on any atom is -0.164 e. The van der Waals surface area contributed by atoms with Crippen LogP contribution in [-0.4, -0.2) is 11.9 Å². The van der Waals surface area contributed by atoms with Gasteiger partial charge in [-0.25, -0.2) is 0 Å². The Hall–Kier alpha value is -0.660. The van der Waals surface area contributed by atoms with E-state index in [1.807, 2.05) is 6.21 Å². The van der Waals surface area contributed by atoms with Crippen molar-refractivity contribution in [1.82, 2.24) is 0 Å². The summed E-state index contributed by atoms with van der Waals surface area (Å²) >= 11 is 0. The Balaban J connectivity index is 2.71. The van der Waals surface area contributed by atoms with Crippen LogP contribution in [0.1, 0.15) is 40.0 Å². The molecule has 1 aliphatic rings. The molecule has 2 heteroatoms. The van der Waals surface area contributed by atoms with E-state index in [0.717, 1.165) is 19.3 Å². The molecule has 0 saturated heterocycles. The van der Waals surface area contributed by atoms with Gasteiger partial charge in [0.15, 0.2) is 0 Å². The molecule has 0 saturated carbocycles. The van der Waals surface area contributed by atoms with Crippen molar-refractivity contribution in [2.75, 3.05) is 0 Å². The van der Waals surface area contributed by atoms with E-state index in [1.54, 1.807) is 0 Å². The Bertz CT molecular complexity index is 190. The van der Waals surface area contributed by atoms with Crippen molar-refractivity contribution in [2.24, 2.45) is 15.6 Å². The maximum absolute atomic E-state index is 4.12. The zero-order valence-electron chi connectivity index (χ0n) is 7.59. The van der Waals surface area contributed by atoms with E-state index in [4.69, 9.17) is 0 Å². The molecule has 0 radical (unpaired) electrons. The molecule has 1 aliphatic heterocycles. The number of hydrogen-bond acceptors (Lipinski definition) is 2. The molecule has 0 aromatic carbocycles. The SMILES string of the molecule is CCC1=NN=CCC(C)(C)C1. The molecule has 0 unspecified atom stereocenters. The highest BCUT2D eigenvalue weighted by Gasteiger charge is 2.20. The third-order valence-corrected chi connectivity index (χ3v) is 2.02. The first kappa shape index (κ1) is 8.44. The largest absolute Gasteiger partial charge is 0.164 e. The fourth-order valence-corrected chi connectivity index (χ4v) is 1.27. The minimum absolute atomic E-state index is 0.356. The summed E-state index contributed by atoms with van der Waals surface area (Å²) in [5.41, 5.74) is 1.58. The Morgan fingerprint density at radius 2 is 2.27 bits per heavy atom. The number of nitrogens with zero attached hydrogens (tertiary/aromatic N) is 2. The van der Waals surface area contributed by atoms with Crippen LogP contribution in [0, 0.1) is 5.41 Å². The molecular formula is C9H16N2. The predicted molar refractivity (Wildman–Crippen MR) is 49.2 cm³/mol. The third-order valence-electron chi connectivity index (χ3n) is 2.02. The van der Waals surface area contributed by atoms with Crippen LogP contribution in [0.3, 0.4) is 0 Å². The van der Waals surface area contributed by atoms with Crippen molar-refractivity contribution in [1.29, 1.82) is 0 Å². The lowest BCUT2D eigenvalue weighted by molar-refractivity contribution is 0.405. The Morgan fingerprint density at radius 3 is 2.91 bits per heavy atom. The molecular weight excluding hydrogens is 136 g/mol. The molecule has 0 bridgehead atoms. The molecule has 0 aromatic heterocycles. The average Bonchev–Trinajstić information content (AvgIpc) is 2.10. The van der Waals surface area contributed by atoms with Crippen molar-refractivity contribution >= 4 is 11.9 Å². The second kappa shape index (κ2) is 3.16. The summed E-state index contributed by atoms with van der Waals surface area (Å²) in [6, 6.07) is 0. The van der Waals surface area contributed by atoms with Crippen molar-refractivity contribution < 1.29 is 0 Å². The summed E-state index contributed by atoms with van der Waals surface area (Å²) < 4.78 is 0. The first-order chi connectivity index (χ1) is 5.14. The fourth-order valence-electron chi connectivity index (χ4n) is 1.27. The highest BCUT2D eigenvalue weighted by atomic mass is 15.2. The van der Waals surface area contributed by atoms with Gasteiger partial charge in [0.1, 0.15) is 0 Å². The zero-order valence-corrected chi connectivity index (χ0v) is 7.59. The molecule has 11 heavy (non-hydrogen) atoms. The third kappa shape index (κ3) is 2.45. The Kier molecular flexibility index (Phi) is 2.42. The van der Waals surface area contributed by atoms with Crippen molar-refractivity contribution in [3.8, 4) is 0 Å². The van der Waals surface area contributed by atoms with Gasteiger partial charge in [-0.2, -0.15) is 10.2 Å². The monoisotopic (exact) mass is 152 g/mol. The molecule has 0 aromatic rings. The van der Waals surface area contributed by atoms with Crippen LogP contribution in [-0.2, 0) is 0 Å². The predicted octanol–water partition coefficient (Wildman–Crippen LogP) is 2.64. The number of rotatable bonds is 1. The van der Waals surface area contributed by atoms with Crippen LogP contribution in [0.25, 0.3) is 0 Å². The van der Waals surface area contributed by atoms with E-state index >= 15 is 0 Å². The van der Waals surface area contributed by atoms with Crippen molar-refractivity contribution in [2.45, 2.75) is 40.0 Å². The van der Waals surface area contributed by atoms with E-state index in [9.17, 15) is 0 Å². The molecule has 0 fully saturated rings. The topological polar surface area (TPSA) is 24.7 Å². The molecule has 0 spiro atoms. The summed E-state index contributed by atoms with van der Waals surface area (Å²) in [4.78, 5) is 0. The lowest BCUT2D eigenvalue weighted by Gasteiger charge is -2.20. The van der Waals surface area contributed by atoms with Gasteiger partial charge in [0, 0.05) is 11.9 Å². The van der Waals surface area contributed by atoms with Gasteiger partial charge >= 0.3 is 0 Å². The fraction of sp³-hybridized carbons (Fsp3) is 0.778. The van der Waals surface area contributed by atoms with Crippen LogP contribution in [0.2, 0.25) is 0 Å². The summed E-state index contributed by atoms with van der Waals surface area (Å²) in [5, 5.41) is 8.11. The molecule has 1 rings (SSSR count). The molecule has 1 heterocycles. The van der Waals surface area contributed by atoms with E-state index in [1.165, 1.54) is 5.71 Å². The maximum Gasteiger partial charge on any atom is 0.0408 e. The first-order valence-corrected chi connectivity index (χ1v) is 4.21. The number of hydrogen-bond donors (Lipinski definition) is 0. The highest BCUT2D eigenvalue weighted by molar-refractivity contribution is 5.86. The summed E-state index contributed by atoms with van der Waals surface area (Å²) in [5.74, 6) is 0. The van der Waals surface area contributed by atoms with Gasteiger partial charge in [0.25, 0.3) is 0 Å². The van der Waals surface area contributed by atoms with Gasteiger partial charge in [0.05, 0.1) is 0 Å². The van der Waals surface area contributed by atoms with Crippen LogP contribution < -0.4 is 0 Å². The van der Waals surface area contributed by atoms with Gasteiger partial charge in [-0.1, -0.05) is 20.8 Å². The summed E-state index contributed by atoms with van der Waals surface area (Å²) in [7, 11) is 0. The summed E-state index contributed by atoms with van der Waals surface area (Å²) in [6.07, 6.45) is 5.08. The van der Waals surface area contributed by atoms with Crippen LogP contribution >= 0.6 is 0 Å². The van der Waals surface area contributed by atoms with Gasteiger partial charge in [-0.15, -0.1) is 0 Å². The zero-order chi connectivity index (χ0) is 8.32.